The lowest BCUT2D eigenvalue weighted by molar-refractivity contribution is -0.184. The molecule has 4 heteroatoms. The molecule has 0 spiro atoms. The van der Waals surface area contributed by atoms with Gasteiger partial charge in [-0.25, -0.2) is 0 Å². The molecular formula is C15H24F3N. The van der Waals surface area contributed by atoms with E-state index < -0.39 is 12.1 Å². The molecule has 110 valence electrons. The number of hydrogen-bond donors (Lipinski definition) is 1. The largest absolute Gasteiger partial charge is 0.391 e. The summed E-state index contributed by atoms with van der Waals surface area (Å²) in [6.45, 7) is 4.72. The summed E-state index contributed by atoms with van der Waals surface area (Å²) in [7, 11) is 0. The number of halogens is 3. The molecule has 1 aliphatic carbocycles. The Balaban J connectivity index is 2.46. The highest BCUT2D eigenvalue weighted by Crippen LogP contribution is 2.40. The third-order valence-electron chi connectivity index (χ3n) is 4.03. The van der Waals surface area contributed by atoms with Crippen LogP contribution in [0.15, 0.2) is 0 Å². The lowest BCUT2D eigenvalue weighted by atomic mass is 9.77. The molecule has 0 heterocycles. The third kappa shape index (κ3) is 5.44. The molecule has 1 nitrogen and oxygen atoms in total. The van der Waals surface area contributed by atoms with Crippen molar-refractivity contribution in [1.29, 1.82) is 0 Å². The lowest BCUT2D eigenvalue weighted by Gasteiger charge is -2.34. The Hall–Kier alpha value is -0.690. The SMILES string of the molecule is CC#CCCC(NCC)C1CCC(C(F)(F)F)CC1. The highest BCUT2D eigenvalue weighted by atomic mass is 19.4. The van der Waals surface area contributed by atoms with Gasteiger partial charge in [-0.3, -0.25) is 0 Å². The van der Waals surface area contributed by atoms with E-state index >= 15 is 0 Å². The maximum absolute atomic E-state index is 12.6. The summed E-state index contributed by atoms with van der Waals surface area (Å²) in [4.78, 5) is 0. The molecule has 1 aliphatic rings. The summed E-state index contributed by atoms with van der Waals surface area (Å²) >= 11 is 0. The van der Waals surface area contributed by atoms with E-state index in [9.17, 15) is 13.2 Å². The first-order valence-corrected chi connectivity index (χ1v) is 7.18. The van der Waals surface area contributed by atoms with Crippen molar-refractivity contribution in [1.82, 2.24) is 5.32 Å². The number of rotatable bonds is 5. The van der Waals surface area contributed by atoms with Crippen LogP contribution in [0.2, 0.25) is 0 Å². The minimum Gasteiger partial charge on any atom is -0.314 e. The summed E-state index contributed by atoms with van der Waals surface area (Å²) in [6, 6.07) is 0.319. The fourth-order valence-corrected chi connectivity index (χ4v) is 2.97. The predicted octanol–water partition coefficient (Wildman–Crippen LogP) is 4.14. The molecule has 1 N–H and O–H groups in total. The number of nitrogens with one attached hydrogen (secondary N) is 1. The maximum Gasteiger partial charge on any atom is 0.391 e. The molecule has 0 radical (unpaired) electrons. The van der Waals surface area contributed by atoms with Crippen molar-refractivity contribution < 1.29 is 13.2 Å². The fraction of sp³-hybridized carbons (Fsp3) is 0.867. The summed E-state index contributed by atoms with van der Waals surface area (Å²) in [6.07, 6.45) is -0.302. The molecule has 0 aliphatic heterocycles. The van der Waals surface area contributed by atoms with Gasteiger partial charge >= 0.3 is 6.18 Å². The van der Waals surface area contributed by atoms with E-state index in [4.69, 9.17) is 0 Å². The predicted molar refractivity (Wildman–Crippen MR) is 71.7 cm³/mol. The van der Waals surface area contributed by atoms with Gasteiger partial charge in [0.15, 0.2) is 0 Å². The van der Waals surface area contributed by atoms with Crippen LogP contribution in [0.5, 0.6) is 0 Å². The van der Waals surface area contributed by atoms with Crippen LogP contribution >= 0.6 is 0 Å². The van der Waals surface area contributed by atoms with Crippen molar-refractivity contribution in [2.24, 2.45) is 11.8 Å². The summed E-state index contributed by atoms with van der Waals surface area (Å²) in [5, 5.41) is 3.42. The molecule has 1 unspecified atom stereocenters. The van der Waals surface area contributed by atoms with Gasteiger partial charge in [-0.1, -0.05) is 6.92 Å². The van der Waals surface area contributed by atoms with Gasteiger partial charge in [0, 0.05) is 12.5 Å². The van der Waals surface area contributed by atoms with Gasteiger partial charge in [-0.2, -0.15) is 13.2 Å². The van der Waals surface area contributed by atoms with Crippen molar-refractivity contribution >= 4 is 0 Å². The molecule has 1 fully saturated rings. The topological polar surface area (TPSA) is 12.0 Å². The second-order valence-corrected chi connectivity index (χ2v) is 5.28. The second-order valence-electron chi connectivity index (χ2n) is 5.28. The number of hydrogen-bond acceptors (Lipinski definition) is 1. The van der Waals surface area contributed by atoms with Gasteiger partial charge in [-0.05, 0) is 51.5 Å². The molecule has 0 aromatic heterocycles. The molecule has 0 amide bonds. The first-order chi connectivity index (χ1) is 8.99. The Morgan fingerprint density at radius 3 is 2.32 bits per heavy atom. The average Bonchev–Trinajstić information content (AvgIpc) is 2.37. The molecule has 19 heavy (non-hydrogen) atoms. The molecule has 0 saturated heterocycles. The van der Waals surface area contributed by atoms with Gasteiger partial charge in [0.1, 0.15) is 0 Å². The summed E-state index contributed by atoms with van der Waals surface area (Å²) in [5.74, 6) is 5.20. The molecular weight excluding hydrogens is 251 g/mol. The lowest BCUT2D eigenvalue weighted by Crippen LogP contribution is -2.39. The quantitative estimate of drug-likeness (QED) is 0.744. The van der Waals surface area contributed by atoms with Gasteiger partial charge in [0.25, 0.3) is 0 Å². The minimum absolute atomic E-state index is 0.287. The number of alkyl halides is 3. The Bertz CT molecular complexity index is 306. The van der Waals surface area contributed by atoms with Crippen LogP contribution in [-0.4, -0.2) is 18.8 Å². The van der Waals surface area contributed by atoms with E-state index in [0.717, 1.165) is 19.4 Å². The van der Waals surface area contributed by atoms with Gasteiger partial charge in [-0.15, -0.1) is 11.8 Å². The van der Waals surface area contributed by atoms with Crippen LogP contribution in [0.1, 0.15) is 52.4 Å². The van der Waals surface area contributed by atoms with Crippen LogP contribution < -0.4 is 5.32 Å². The van der Waals surface area contributed by atoms with E-state index in [1.165, 1.54) is 0 Å². The Morgan fingerprint density at radius 1 is 1.21 bits per heavy atom. The summed E-state index contributed by atoms with van der Waals surface area (Å²) in [5.41, 5.74) is 0. The van der Waals surface area contributed by atoms with E-state index in [-0.39, 0.29) is 12.8 Å². The zero-order valence-corrected chi connectivity index (χ0v) is 11.8. The van der Waals surface area contributed by atoms with E-state index in [0.29, 0.717) is 24.8 Å². The van der Waals surface area contributed by atoms with Crippen molar-refractivity contribution in [3.63, 3.8) is 0 Å². The molecule has 0 aromatic rings. The van der Waals surface area contributed by atoms with E-state index in [2.05, 4.69) is 17.2 Å². The van der Waals surface area contributed by atoms with E-state index in [1.807, 2.05) is 13.8 Å². The van der Waals surface area contributed by atoms with Crippen molar-refractivity contribution in [2.45, 2.75) is 64.6 Å². The maximum atomic E-state index is 12.6. The van der Waals surface area contributed by atoms with Gasteiger partial charge in [0.2, 0.25) is 0 Å². The average molecular weight is 275 g/mol. The van der Waals surface area contributed by atoms with Crippen LogP contribution in [0, 0.1) is 23.7 Å². The standard InChI is InChI=1S/C15H24F3N/c1-3-5-6-7-14(19-4-2)12-8-10-13(11-9-12)15(16,17)18/h12-14,19H,4,6-11H2,1-2H3. The third-order valence-corrected chi connectivity index (χ3v) is 4.03. The Labute approximate surface area is 114 Å². The molecule has 1 rings (SSSR count). The van der Waals surface area contributed by atoms with Gasteiger partial charge < -0.3 is 5.32 Å². The van der Waals surface area contributed by atoms with Crippen LogP contribution in [0.4, 0.5) is 13.2 Å². The summed E-state index contributed by atoms with van der Waals surface area (Å²) < 4.78 is 37.9. The van der Waals surface area contributed by atoms with Crippen molar-refractivity contribution in [3.05, 3.63) is 0 Å². The highest BCUT2D eigenvalue weighted by Gasteiger charge is 2.42. The highest BCUT2D eigenvalue weighted by molar-refractivity contribution is 4.96. The first kappa shape index (κ1) is 16.4. The Morgan fingerprint density at radius 2 is 1.84 bits per heavy atom. The van der Waals surface area contributed by atoms with E-state index in [1.54, 1.807) is 0 Å². The molecule has 1 saturated carbocycles. The normalized spacial score (nSPS) is 25.5. The molecule has 0 aromatic carbocycles. The zero-order chi connectivity index (χ0) is 14.3. The van der Waals surface area contributed by atoms with Crippen LogP contribution in [0.3, 0.4) is 0 Å². The van der Waals surface area contributed by atoms with Crippen LogP contribution in [0.25, 0.3) is 0 Å². The smallest absolute Gasteiger partial charge is 0.314 e. The fourth-order valence-electron chi connectivity index (χ4n) is 2.97. The minimum atomic E-state index is -4.01. The Kier molecular flexibility index (Phi) is 6.71. The van der Waals surface area contributed by atoms with Crippen molar-refractivity contribution in [3.8, 4) is 11.8 Å². The zero-order valence-electron chi connectivity index (χ0n) is 11.8. The van der Waals surface area contributed by atoms with Crippen LogP contribution in [-0.2, 0) is 0 Å². The molecule has 1 atom stereocenters. The first-order valence-electron chi connectivity index (χ1n) is 7.18. The van der Waals surface area contributed by atoms with Gasteiger partial charge in [0.05, 0.1) is 5.92 Å². The monoisotopic (exact) mass is 275 g/mol. The second kappa shape index (κ2) is 7.79. The van der Waals surface area contributed by atoms with Crippen molar-refractivity contribution in [2.75, 3.05) is 6.54 Å². The molecule has 0 bridgehead atoms.